The zero-order chi connectivity index (χ0) is 40.4. The van der Waals surface area contributed by atoms with Gasteiger partial charge in [0.2, 0.25) is 0 Å². The topological polar surface area (TPSA) is 183 Å². The van der Waals surface area contributed by atoms with Crippen molar-refractivity contribution in [3.05, 3.63) is 22.1 Å². The third-order valence-corrected chi connectivity index (χ3v) is 14.3. The van der Waals surface area contributed by atoms with E-state index in [1.165, 1.54) is 0 Å². The summed E-state index contributed by atoms with van der Waals surface area (Å²) in [6.07, 6.45) is 2.19. The van der Waals surface area contributed by atoms with E-state index in [1.807, 2.05) is 20.8 Å². The highest BCUT2D eigenvalue weighted by Crippen LogP contribution is 2.58. The number of cyclic esters (lactones) is 1. The minimum Gasteiger partial charge on any atom is -0.462 e. The lowest BCUT2D eigenvalue weighted by Gasteiger charge is -2.45. The molecule has 0 bridgehead atoms. The number of likely N-dealkylation sites (N-methyl/N-ethyl adjacent to an activating group) is 1. The van der Waals surface area contributed by atoms with Crippen LogP contribution in [0.4, 0.5) is 0 Å². The fourth-order valence-electron chi connectivity index (χ4n) is 11.4. The highest BCUT2D eigenvalue weighted by molar-refractivity contribution is 5.71. The molecule has 20 atom stereocenters. The summed E-state index contributed by atoms with van der Waals surface area (Å²) < 4.78 is 49.6. The summed E-state index contributed by atoms with van der Waals surface area (Å²) in [6.45, 7) is 8.04. The number of fused-ring (bicyclic) bond motifs is 5. The predicted octanol–water partition coefficient (Wildman–Crippen LogP) is 4.76. The van der Waals surface area contributed by atoms with Crippen LogP contribution in [0.1, 0.15) is 85.5 Å². The highest BCUT2D eigenvalue weighted by Gasteiger charge is 2.59. The largest absolute Gasteiger partial charge is 0.462 e. The van der Waals surface area contributed by atoms with Crippen LogP contribution in [-0.4, -0.2) is 142 Å². The van der Waals surface area contributed by atoms with Gasteiger partial charge in [0.1, 0.15) is 24.4 Å². The van der Waals surface area contributed by atoms with Gasteiger partial charge >= 0.3 is 5.97 Å². The Morgan fingerprint density at radius 3 is 2.29 bits per heavy atom. The molecule has 318 valence electrons. The molecule has 3 saturated heterocycles. The van der Waals surface area contributed by atoms with Crippen LogP contribution in [0, 0.1) is 35.5 Å². The minimum absolute atomic E-state index is 0.00231. The summed E-state index contributed by atoms with van der Waals surface area (Å²) in [6, 6.07) is -0.517. The first kappa shape index (κ1) is 43.7. The maximum atomic E-state index is 13.7. The van der Waals surface area contributed by atoms with Crippen molar-refractivity contribution >= 4 is 5.97 Å². The van der Waals surface area contributed by atoms with Gasteiger partial charge in [-0.1, -0.05) is 25.0 Å². The van der Waals surface area contributed by atoms with Crippen LogP contribution in [-0.2, 0) is 42.7 Å². The minimum atomic E-state index is -0.976. The van der Waals surface area contributed by atoms with Crippen molar-refractivity contribution < 1.29 is 52.9 Å². The molecule has 3 aliphatic carbocycles. The van der Waals surface area contributed by atoms with E-state index in [1.54, 1.807) is 21.3 Å². The molecule has 15 heteroatoms. The van der Waals surface area contributed by atoms with Gasteiger partial charge in [-0.15, -0.1) is 0 Å². The maximum absolute atomic E-state index is 13.7. The lowest BCUT2D eigenvalue weighted by atomic mass is 9.62. The standard InChI is InChI=1S/C41H68N4O11/c1-10-23-12-11-13-31(56-33-15-14-30(45(5)6)21(3)52-33)20(2)36(47)29-18-26-25-16-24(55-41-40(51-9)39(50-8)38(49-7)22(4)53-41)17-28(25)37(48)35(43-44-42)34(26)27(29)19-32(46)54-23/h18,20-28,30-31,33-41,47-48H,10-17,19H2,1-9H3/t20-,21?,22?,23+,24+,25+,26+,27-,28-,30+,31+,33+,34-,35?,36?,37?,38+,39?,40?,41+/m1/s1. The van der Waals surface area contributed by atoms with Crippen LogP contribution in [0.25, 0.3) is 10.4 Å². The van der Waals surface area contributed by atoms with Gasteiger partial charge in [-0.25, -0.2) is 0 Å². The molecule has 3 aliphatic heterocycles. The summed E-state index contributed by atoms with van der Waals surface area (Å²) in [5, 5.41) is 28.7. The average Bonchev–Trinajstić information content (AvgIpc) is 3.76. The normalized spacial score (nSPS) is 47.4. The molecule has 0 radical (unpaired) electrons. The Hall–Kier alpha value is -1.88. The summed E-state index contributed by atoms with van der Waals surface area (Å²) in [4.78, 5) is 19.1. The van der Waals surface area contributed by atoms with E-state index in [0.717, 1.165) is 24.8 Å². The van der Waals surface area contributed by atoms with Crippen LogP contribution < -0.4 is 0 Å². The Labute approximate surface area is 332 Å². The summed E-state index contributed by atoms with van der Waals surface area (Å²) in [5.74, 6) is -2.10. The Kier molecular flexibility index (Phi) is 14.8. The fourth-order valence-corrected chi connectivity index (χ4v) is 11.4. The number of carbonyl (C=O) groups excluding carboxylic acids is 1. The van der Waals surface area contributed by atoms with Gasteiger partial charge in [0.15, 0.2) is 12.6 Å². The van der Waals surface area contributed by atoms with Crippen molar-refractivity contribution in [2.45, 2.75) is 171 Å². The number of nitrogens with zero attached hydrogens (tertiary/aromatic N) is 4. The van der Waals surface area contributed by atoms with Crippen LogP contribution >= 0.6 is 0 Å². The molecule has 0 aromatic heterocycles. The van der Waals surface area contributed by atoms with Gasteiger partial charge in [-0.05, 0) is 120 Å². The molecule has 56 heavy (non-hydrogen) atoms. The van der Waals surface area contributed by atoms with Crippen molar-refractivity contribution in [2.75, 3.05) is 35.4 Å². The van der Waals surface area contributed by atoms with Gasteiger partial charge in [0.05, 0.1) is 49.1 Å². The Balaban J connectivity index is 1.28. The number of carbonyl (C=O) groups is 1. The number of hydrogen-bond acceptors (Lipinski definition) is 13. The summed E-state index contributed by atoms with van der Waals surface area (Å²) in [7, 11) is 8.97. The molecule has 7 unspecified atom stereocenters. The second-order valence-corrected chi connectivity index (χ2v) is 17.5. The van der Waals surface area contributed by atoms with Gasteiger partial charge < -0.3 is 53.0 Å². The first-order chi connectivity index (χ1) is 26.8. The van der Waals surface area contributed by atoms with Crippen molar-refractivity contribution in [2.24, 2.45) is 40.6 Å². The second kappa shape index (κ2) is 19.0. The van der Waals surface area contributed by atoms with E-state index < -0.39 is 54.9 Å². The quantitative estimate of drug-likeness (QED) is 0.102. The smallest absolute Gasteiger partial charge is 0.306 e. The van der Waals surface area contributed by atoms with E-state index in [-0.39, 0.29) is 72.7 Å². The molecule has 2 saturated carbocycles. The fraction of sp³-hybridized carbons (Fsp3) is 0.927. The third-order valence-electron chi connectivity index (χ3n) is 14.3. The van der Waals surface area contributed by atoms with Crippen LogP contribution in [0.5, 0.6) is 0 Å². The summed E-state index contributed by atoms with van der Waals surface area (Å²) in [5.41, 5.74) is 10.6. The third kappa shape index (κ3) is 8.84. The van der Waals surface area contributed by atoms with Crippen LogP contribution in [0.15, 0.2) is 16.8 Å². The molecule has 0 aromatic carbocycles. The maximum Gasteiger partial charge on any atom is 0.306 e. The van der Waals surface area contributed by atoms with Crippen molar-refractivity contribution in [3.8, 4) is 0 Å². The number of methoxy groups -OCH3 is 3. The Morgan fingerprint density at radius 1 is 0.929 bits per heavy atom. The first-order valence-electron chi connectivity index (χ1n) is 21.0. The first-order valence-corrected chi connectivity index (χ1v) is 21.0. The number of azide groups is 1. The molecule has 6 rings (SSSR count). The van der Waals surface area contributed by atoms with Crippen molar-refractivity contribution in [3.63, 3.8) is 0 Å². The number of allylic oxidation sites excluding steroid dienone is 1. The van der Waals surface area contributed by atoms with Crippen LogP contribution in [0.3, 0.4) is 0 Å². The van der Waals surface area contributed by atoms with E-state index in [2.05, 4.69) is 42.0 Å². The van der Waals surface area contributed by atoms with Crippen molar-refractivity contribution in [1.82, 2.24) is 4.90 Å². The number of aliphatic hydroxyl groups is 2. The van der Waals surface area contributed by atoms with Gasteiger partial charge in [0.25, 0.3) is 0 Å². The highest BCUT2D eigenvalue weighted by atomic mass is 16.7. The lowest BCUT2D eigenvalue weighted by molar-refractivity contribution is -0.314. The molecule has 0 aromatic rings. The number of hydrogen-bond donors (Lipinski definition) is 2. The van der Waals surface area contributed by atoms with Crippen molar-refractivity contribution in [1.29, 1.82) is 0 Å². The predicted molar refractivity (Wildman–Crippen MR) is 205 cm³/mol. The molecule has 6 aliphatic rings. The van der Waals surface area contributed by atoms with Gasteiger partial charge in [-0.2, -0.15) is 0 Å². The average molecular weight is 793 g/mol. The number of aliphatic hydroxyl groups excluding tert-OH is 2. The summed E-state index contributed by atoms with van der Waals surface area (Å²) >= 11 is 0. The second-order valence-electron chi connectivity index (χ2n) is 17.5. The molecule has 5 fully saturated rings. The molecular weight excluding hydrogens is 724 g/mol. The molecule has 15 nitrogen and oxygen atoms in total. The van der Waals surface area contributed by atoms with E-state index >= 15 is 0 Å². The molecule has 3 heterocycles. The number of rotatable bonds is 10. The molecule has 0 spiro atoms. The van der Waals surface area contributed by atoms with E-state index in [9.17, 15) is 20.5 Å². The Morgan fingerprint density at radius 2 is 1.64 bits per heavy atom. The van der Waals surface area contributed by atoms with Crippen LogP contribution in [0.2, 0.25) is 0 Å². The molecule has 0 amide bonds. The zero-order valence-electron chi connectivity index (χ0n) is 34.8. The number of ether oxygens (including phenoxy) is 8. The van der Waals surface area contributed by atoms with E-state index in [0.29, 0.717) is 38.1 Å². The van der Waals surface area contributed by atoms with Gasteiger partial charge in [0, 0.05) is 38.2 Å². The zero-order valence-corrected chi connectivity index (χ0v) is 34.8. The molecule has 2 N–H and O–H groups in total. The SMILES string of the molecule is CC[C@H]1CCC[C@H](O[C@H]2CC[C@H](N(C)C)C(C)O2)[C@@H](C)C(O)C2=C[C@H]3[C@@H]4C[C@H](O[C@@H]5OC(C)[C@H](OC)C(OC)C5OC)C[C@H]4C(O)C(N=[N+]=[N-])[C@H]3[C@@H]2CC(=O)O1. The van der Waals surface area contributed by atoms with Gasteiger partial charge in [-0.3, -0.25) is 4.79 Å². The number of esters is 1. The monoisotopic (exact) mass is 792 g/mol. The lowest BCUT2D eigenvalue weighted by Crippen LogP contribution is -2.59. The van der Waals surface area contributed by atoms with E-state index in [4.69, 9.17) is 37.9 Å². The molecular formula is C41H68N4O11. The Bertz CT molecular complexity index is 1400.